The van der Waals surface area contributed by atoms with Crippen molar-refractivity contribution < 1.29 is 4.39 Å². The van der Waals surface area contributed by atoms with Crippen LogP contribution in [-0.4, -0.2) is 0 Å². The van der Waals surface area contributed by atoms with Crippen LogP contribution in [0.4, 0.5) is 4.39 Å². The van der Waals surface area contributed by atoms with E-state index < -0.39 is 0 Å². The number of halogens is 3. The molecule has 0 bridgehead atoms. The number of nitrogens with one attached hydrogen (secondary N) is 1. The molecule has 100 valence electrons. The van der Waals surface area contributed by atoms with E-state index >= 15 is 0 Å². The van der Waals surface area contributed by atoms with E-state index in [4.69, 9.17) is 11.6 Å². The van der Waals surface area contributed by atoms with Crippen LogP contribution in [0.2, 0.25) is 5.02 Å². The van der Waals surface area contributed by atoms with E-state index in [9.17, 15) is 4.39 Å². The van der Waals surface area contributed by atoms with E-state index in [1.165, 1.54) is 11.6 Å². The molecule has 1 N–H and O–H groups in total. The lowest BCUT2D eigenvalue weighted by Gasteiger charge is -2.15. The summed E-state index contributed by atoms with van der Waals surface area (Å²) < 4.78 is 14.4. The van der Waals surface area contributed by atoms with Gasteiger partial charge in [0, 0.05) is 17.1 Å². The third-order valence-electron chi connectivity index (χ3n) is 2.98. The Morgan fingerprint density at radius 2 is 2.00 bits per heavy atom. The van der Waals surface area contributed by atoms with Crippen molar-refractivity contribution >= 4 is 27.5 Å². The average Bonchev–Trinajstić information content (AvgIpc) is 2.40. The van der Waals surface area contributed by atoms with Gasteiger partial charge in [-0.05, 0) is 36.2 Å². The normalized spacial score (nSPS) is 12.4. The van der Waals surface area contributed by atoms with E-state index in [1.54, 1.807) is 6.07 Å². The first-order valence-electron chi connectivity index (χ1n) is 5.99. The van der Waals surface area contributed by atoms with Gasteiger partial charge >= 0.3 is 0 Å². The van der Waals surface area contributed by atoms with E-state index in [2.05, 4.69) is 40.3 Å². The molecule has 4 heteroatoms. The fourth-order valence-corrected chi connectivity index (χ4v) is 2.45. The maximum atomic E-state index is 13.3. The van der Waals surface area contributed by atoms with Crippen molar-refractivity contribution in [1.82, 2.24) is 5.32 Å². The summed E-state index contributed by atoms with van der Waals surface area (Å²) >= 11 is 9.37. The zero-order valence-corrected chi connectivity index (χ0v) is 12.8. The summed E-state index contributed by atoms with van der Waals surface area (Å²) in [6.45, 7) is 2.60. The molecule has 0 saturated carbocycles. The van der Waals surface area contributed by atoms with Crippen LogP contribution in [0, 0.1) is 5.82 Å². The zero-order chi connectivity index (χ0) is 13.8. The lowest BCUT2D eigenvalue weighted by atomic mass is 10.1. The summed E-state index contributed by atoms with van der Waals surface area (Å²) in [5, 5.41) is 3.53. The second-order valence-corrected chi connectivity index (χ2v) is 5.66. The van der Waals surface area contributed by atoms with Crippen LogP contribution in [-0.2, 0) is 6.54 Å². The monoisotopic (exact) mass is 341 g/mol. The first-order valence-corrected chi connectivity index (χ1v) is 7.17. The van der Waals surface area contributed by atoms with Crippen molar-refractivity contribution in [3.8, 4) is 0 Å². The number of benzene rings is 2. The molecule has 0 aromatic heterocycles. The lowest BCUT2D eigenvalue weighted by Crippen LogP contribution is -2.18. The molecule has 0 aliphatic heterocycles. The fourth-order valence-electron chi connectivity index (χ4n) is 1.84. The predicted molar refractivity (Wildman–Crippen MR) is 80.8 cm³/mol. The first-order chi connectivity index (χ1) is 9.08. The summed E-state index contributed by atoms with van der Waals surface area (Å²) in [5.74, 6) is -0.379. The van der Waals surface area contributed by atoms with Gasteiger partial charge < -0.3 is 5.32 Å². The Morgan fingerprint density at radius 1 is 1.26 bits per heavy atom. The number of rotatable bonds is 4. The third kappa shape index (κ3) is 3.78. The SMILES string of the molecule is C[C@@H](NCc1cccc(F)c1Cl)c1cccc(Br)c1. The average molecular weight is 343 g/mol. The van der Waals surface area contributed by atoms with Gasteiger partial charge in [0.2, 0.25) is 0 Å². The van der Waals surface area contributed by atoms with Crippen LogP contribution in [0.25, 0.3) is 0 Å². The van der Waals surface area contributed by atoms with Gasteiger partial charge in [0.15, 0.2) is 0 Å². The molecule has 0 fully saturated rings. The summed E-state index contributed by atoms with van der Waals surface area (Å²) in [6.07, 6.45) is 0. The van der Waals surface area contributed by atoms with Gasteiger partial charge in [-0.2, -0.15) is 0 Å². The first kappa shape index (κ1) is 14.5. The van der Waals surface area contributed by atoms with Gasteiger partial charge in [-0.25, -0.2) is 4.39 Å². The topological polar surface area (TPSA) is 12.0 Å². The molecule has 1 nitrogen and oxygen atoms in total. The Labute approximate surface area is 125 Å². The van der Waals surface area contributed by atoms with Crippen LogP contribution >= 0.6 is 27.5 Å². The molecular weight excluding hydrogens is 329 g/mol. The van der Waals surface area contributed by atoms with Gasteiger partial charge in [-0.15, -0.1) is 0 Å². The minimum absolute atomic E-state index is 0.164. The number of hydrogen-bond acceptors (Lipinski definition) is 1. The highest BCUT2D eigenvalue weighted by Crippen LogP contribution is 2.22. The van der Waals surface area contributed by atoms with Crippen molar-refractivity contribution in [2.24, 2.45) is 0 Å². The predicted octanol–water partition coefficient (Wildman–Crippen LogP) is 5.09. The maximum Gasteiger partial charge on any atom is 0.142 e. The van der Waals surface area contributed by atoms with E-state index in [0.29, 0.717) is 6.54 Å². The standard InChI is InChI=1S/C15H14BrClFN/c1-10(11-4-2-6-13(16)8-11)19-9-12-5-3-7-14(18)15(12)17/h2-8,10,19H,9H2,1H3/t10-/m1/s1. The van der Waals surface area contributed by atoms with Crippen LogP contribution in [0.5, 0.6) is 0 Å². The van der Waals surface area contributed by atoms with Crippen molar-refractivity contribution in [2.75, 3.05) is 0 Å². The quantitative estimate of drug-likeness (QED) is 0.816. The highest BCUT2D eigenvalue weighted by molar-refractivity contribution is 9.10. The van der Waals surface area contributed by atoms with Crippen LogP contribution in [0.1, 0.15) is 24.1 Å². The van der Waals surface area contributed by atoms with Gasteiger partial charge in [-0.3, -0.25) is 0 Å². The molecule has 0 spiro atoms. The van der Waals surface area contributed by atoms with Gasteiger partial charge in [0.1, 0.15) is 5.82 Å². The minimum atomic E-state index is -0.379. The highest BCUT2D eigenvalue weighted by atomic mass is 79.9. The zero-order valence-electron chi connectivity index (χ0n) is 10.5. The Balaban J connectivity index is 2.04. The molecule has 0 aliphatic rings. The van der Waals surface area contributed by atoms with Crippen LogP contribution in [0.15, 0.2) is 46.9 Å². The van der Waals surface area contributed by atoms with Crippen molar-refractivity contribution in [3.05, 3.63) is 68.9 Å². The number of hydrogen-bond donors (Lipinski definition) is 1. The third-order valence-corrected chi connectivity index (χ3v) is 3.90. The Bertz CT molecular complexity index is 574. The summed E-state index contributed by atoms with van der Waals surface area (Å²) in [4.78, 5) is 0. The maximum absolute atomic E-state index is 13.3. The second kappa shape index (κ2) is 6.51. The molecule has 0 amide bonds. The van der Waals surface area contributed by atoms with Crippen molar-refractivity contribution in [1.29, 1.82) is 0 Å². The van der Waals surface area contributed by atoms with Gasteiger partial charge in [0.25, 0.3) is 0 Å². The largest absolute Gasteiger partial charge is 0.306 e. The molecule has 1 atom stereocenters. The minimum Gasteiger partial charge on any atom is -0.306 e. The fraction of sp³-hybridized carbons (Fsp3) is 0.200. The molecule has 2 aromatic carbocycles. The molecular formula is C15H14BrClFN. The molecule has 0 heterocycles. The Morgan fingerprint density at radius 3 is 2.74 bits per heavy atom. The van der Waals surface area contributed by atoms with E-state index in [-0.39, 0.29) is 16.9 Å². The molecule has 0 radical (unpaired) electrons. The van der Waals surface area contributed by atoms with Gasteiger partial charge in [-0.1, -0.05) is 51.8 Å². The van der Waals surface area contributed by atoms with Crippen molar-refractivity contribution in [3.63, 3.8) is 0 Å². The molecule has 0 aliphatic carbocycles. The molecule has 2 rings (SSSR count). The smallest absolute Gasteiger partial charge is 0.142 e. The summed E-state index contributed by atoms with van der Waals surface area (Å²) in [7, 11) is 0. The van der Waals surface area contributed by atoms with Crippen molar-refractivity contribution in [2.45, 2.75) is 19.5 Å². The lowest BCUT2D eigenvalue weighted by molar-refractivity contribution is 0.569. The second-order valence-electron chi connectivity index (χ2n) is 4.37. The van der Waals surface area contributed by atoms with Crippen LogP contribution < -0.4 is 5.32 Å². The van der Waals surface area contributed by atoms with E-state index in [1.807, 2.05) is 18.2 Å². The Hall–Kier alpha value is -0.900. The summed E-state index contributed by atoms with van der Waals surface area (Å²) in [5.41, 5.74) is 1.94. The molecule has 0 saturated heterocycles. The van der Waals surface area contributed by atoms with Gasteiger partial charge in [0.05, 0.1) is 5.02 Å². The molecule has 19 heavy (non-hydrogen) atoms. The molecule has 0 unspecified atom stereocenters. The Kier molecular flexibility index (Phi) is 4.97. The van der Waals surface area contributed by atoms with E-state index in [0.717, 1.165) is 10.0 Å². The van der Waals surface area contributed by atoms with Crippen LogP contribution in [0.3, 0.4) is 0 Å². The summed E-state index contributed by atoms with van der Waals surface area (Å²) in [6, 6.07) is 13.1. The highest BCUT2D eigenvalue weighted by Gasteiger charge is 2.08. The molecule has 2 aromatic rings.